The van der Waals surface area contributed by atoms with Crippen LogP contribution in [0.25, 0.3) is 0 Å². The number of halogens is 2. The number of hydrogen-bond donors (Lipinski definition) is 2. The van der Waals surface area contributed by atoms with Gasteiger partial charge in [0.15, 0.2) is 10.9 Å². The van der Waals surface area contributed by atoms with Crippen molar-refractivity contribution in [3.8, 4) is 0 Å². The largest absolute Gasteiger partial charge is 0.354 e. The van der Waals surface area contributed by atoms with Gasteiger partial charge in [-0.2, -0.15) is 4.98 Å². The molecule has 0 aliphatic carbocycles. The second-order valence-corrected chi connectivity index (χ2v) is 5.77. The molecule has 1 aromatic carbocycles. The molecule has 24 heavy (non-hydrogen) atoms. The molecule has 0 radical (unpaired) electrons. The van der Waals surface area contributed by atoms with Gasteiger partial charge in [-0.1, -0.05) is 35.3 Å². The predicted molar refractivity (Wildman–Crippen MR) is 93.9 cm³/mol. The Morgan fingerprint density at radius 2 is 1.75 bits per heavy atom. The summed E-state index contributed by atoms with van der Waals surface area (Å²) >= 11 is 11.5. The molecule has 8 heteroatoms. The van der Waals surface area contributed by atoms with Crippen molar-refractivity contribution in [2.75, 3.05) is 18.4 Å². The van der Waals surface area contributed by atoms with E-state index >= 15 is 0 Å². The molecule has 0 aliphatic heterocycles. The SMILES string of the molecule is CC(=O)c1ccc(C(=O)NCCCNc2ncc(Cl)c(Cl)n2)cc1. The Morgan fingerprint density at radius 1 is 1.08 bits per heavy atom. The third-order valence-electron chi connectivity index (χ3n) is 3.18. The van der Waals surface area contributed by atoms with E-state index in [4.69, 9.17) is 23.2 Å². The third kappa shape index (κ3) is 5.18. The number of carbonyl (C=O) groups is 2. The van der Waals surface area contributed by atoms with Gasteiger partial charge in [0.1, 0.15) is 0 Å². The van der Waals surface area contributed by atoms with E-state index in [1.165, 1.54) is 13.1 Å². The summed E-state index contributed by atoms with van der Waals surface area (Å²) in [5, 5.41) is 6.28. The first kappa shape index (κ1) is 18.2. The van der Waals surface area contributed by atoms with E-state index in [1.807, 2.05) is 0 Å². The fourth-order valence-electron chi connectivity index (χ4n) is 1.88. The standard InChI is InChI=1S/C16H16Cl2N4O2/c1-10(23)11-3-5-12(6-4-11)15(24)19-7-2-8-20-16-21-9-13(17)14(18)22-16/h3-6,9H,2,7-8H2,1H3,(H,19,24)(H,20,21,22). The first-order chi connectivity index (χ1) is 11.5. The summed E-state index contributed by atoms with van der Waals surface area (Å²) in [4.78, 5) is 31.1. The average Bonchev–Trinajstić information content (AvgIpc) is 2.57. The van der Waals surface area contributed by atoms with Crippen LogP contribution in [0.5, 0.6) is 0 Å². The maximum atomic E-state index is 12.0. The van der Waals surface area contributed by atoms with Crippen LogP contribution in [0, 0.1) is 0 Å². The minimum absolute atomic E-state index is 0.0300. The first-order valence-electron chi connectivity index (χ1n) is 7.28. The Balaban J connectivity index is 1.72. The number of benzene rings is 1. The Bertz CT molecular complexity index is 735. The fourth-order valence-corrected chi connectivity index (χ4v) is 2.10. The van der Waals surface area contributed by atoms with E-state index < -0.39 is 0 Å². The predicted octanol–water partition coefficient (Wildman–Crippen LogP) is 3.22. The lowest BCUT2D eigenvalue weighted by Crippen LogP contribution is -2.26. The zero-order valence-electron chi connectivity index (χ0n) is 13.0. The molecule has 2 aromatic rings. The van der Waals surface area contributed by atoms with Crippen molar-refractivity contribution in [1.82, 2.24) is 15.3 Å². The summed E-state index contributed by atoms with van der Waals surface area (Å²) < 4.78 is 0. The average molecular weight is 367 g/mol. The number of nitrogens with zero attached hydrogens (tertiary/aromatic N) is 2. The van der Waals surface area contributed by atoms with Gasteiger partial charge in [0.05, 0.1) is 11.2 Å². The zero-order valence-corrected chi connectivity index (χ0v) is 14.5. The van der Waals surface area contributed by atoms with Crippen LogP contribution in [-0.4, -0.2) is 34.7 Å². The maximum absolute atomic E-state index is 12.0. The lowest BCUT2D eigenvalue weighted by molar-refractivity contribution is 0.0951. The summed E-state index contributed by atoms with van der Waals surface area (Å²) in [7, 11) is 0. The van der Waals surface area contributed by atoms with E-state index in [9.17, 15) is 9.59 Å². The van der Waals surface area contributed by atoms with Crippen molar-refractivity contribution in [2.45, 2.75) is 13.3 Å². The second-order valence-electron chi connectivity index (χ2n) is 5.00. The molecule has 2 rings (SSSR count). The van der Waals surface area contributed by atoms with Crippen molar-refractivity contribution in [3.63, 3.8) is 0 Å². The number of rotatable bonds is 7. The van der Waals surface area contributed by atoms with E-state index in [2.05, 4.69) is 20.6 Å². The van der Waals surface area contributed by atoms with Crippen LogP contribution in [0.2, 0.25) is 10.2 Å². The molecule has 0 aliphatic rings. The monoisotopic (exact) mass is 366 g/mol. The van der Waals surface area contributed by atoms with E-state index in [0.717, 1.165) is 0 Å². The van der Waals surface area contributed by atoms with Gasteiger partial charge in [-0.25, -0.2) is 4.98 Å². The molecule has 1 heterocycles. The van der Waals surface area contributed by atoms with Gasteiger partial charge >= 0.3 is 0 Å². The molecule has 0 spiro atoms. The Labute approximate surface area is 149 Å². The van der Waals surface area contributed by atoms with E-state index in [1.54, 1.807) is 24.3 Å². The number of anilines is 1. The second kappa shape index (κ2) is 8.61. The highest BCUT2D eigenvalue weighted by Crippen LogP contribution is 2.18. The van der Waals surface area contributed by atoms with Crippen LogP contribution in [0.4, 0.5) is 5.95 Å². The summed E-state index contributed by atoms with van der Waals surface area (Å²) in [5.41, 5.74) is 1.10. The number of hydrogen-bond acceptors (Lipinski definition) is 5. The molecule has 0 unspecified atom stereocenters. The normalized spacial score (nSPS) is 10.3. The van der Waals surface area contributed by atoms with Crippen molar-refractivity contribution in [3.05, 3.63) is 51.8 Å². The van der Waals surface area contributed by atoms with Crippen molar-refractivity contribution in [2.24, 2.45) is 0 Å². The molecule has 1 aromatic heterocycles. The van der Waals surface area contributed by atoms with Gasteiger partial charge in [0.2, 0.25) is 5.95 Å². The molecule has 1 amide bonds. The molecule has 0 fully saturated rings. The lowest BCUT2D eigenvalue weighted by Gasteiger charge is -2.07. The van der Waals surface area contributed by atoms with Crippen molar-refractivity contribution in [1.29, 1.82) is 0 Å². The number of amides is 1. The number of nitrogens with one attached hydrogen (secondary N) is 2. The summed E-state index contributed by atoms with van der Waals surface area (Å²) in [6.07, 6.45) is 2.10. The topological polar surface area (TPSA) is 84.0 Å². The Morgan fingerprint density at radius 3 is 2.38 bits per heavy atom. The smallest absolute Gasteiger partial charge is 0.251 e. The summed E-state index contributed by atoms with van der Waals surface area (Å²) in [6.45, 7) is 2.54. The third-order valence-corrected chi connectivity index (χ3v) is 3.84. The number of carbonyl (C=O) groups excluding carboxylic acids is 2. The van der Waals surface area contributed by atoms with E-state index in [-0.39, 0.29) is 16.8 Å². The maximum Gasteiger partial charge on any atom is 0.251 e. The highest BCUT2D eigenvalue weighted by atomic mass is 35.5. The molecule has 126 valence electrons. The molecule has 0 saturated carbocycles. The molecular formula is C16H16Cl2N4O2. The molecule has 0 saturated heterocycles. The van der Waals surface area contributed by atoms with Gasteiger partial charge in [-0.3, -0.25) is 9.59 Å². The molecule has 0 bridgehead atoms. The van der Waals surface area contributed by atoms with Gasteiger partial charge in [0, 0.05) is 24.2 Å². The minimum Gasteiger partial charge on any atom is -0.354 e. The number of ketones is 1. The number of Topliss-reactive ketones (excluding diaryl/α,β-unsaturated/α-hetero) is 1. The molecule has 2 N–H and O–H groups in total. The van der Waals surface area contributed by atoms with Crippen molar-refractivity contribution >= 4 is 40.8 Å². The highest BCUT2D eigenvalue weighted by Gasteiger charge is 2.06. The van der Waals surface area contributed by atoms with Gasteiger partial charge in [0.25, 0.3) is 5.91 Å². The fraction of sp³-hybridized carbons (Fsp3) is 0.250. The van der Waals surface area contributed by atoms with Crippen LogP contribution in [0.3, 0.4) is 0 Å². The zero-order chi connectivity index (χ0) is 17.5. The summed E-state index contributed by atoms with van der Waals surface area (Å²) in [6, 6.07) is 6.54. The quantitative estimate of drug-likeness (QED) is 0.446. The number of aromatic nitrogens is 2. The molecule has 0 atom stereocenters. The Hall–Kier alpha value is -2.18. The van der Waals surface area contributed by atoms with Crippen LogP contribution in [-0.2, 0) is 0 Å². The van der Waals surface area contributed by atoms with E-state index in [0.29, 0.717) is 41.6 Å². The molecular weight excluding hydrogens is 351 g/mol. The van der Waals surface area contributed by atoms with Crippen LogP contribution in [0.15, 0.2) is 30.5 Å². The molecule has 6 nitrogen and oxygen atoms in total. The van der Waals surface area contributed by atoms with Crippen LogP contribution < -0.4 is 10.6 Å². The van der Waals surface area contributed by atoms with Crippen molar-refractivity contribution < 1.29 is 9.59 Å². The lowest BCUT2D eigenvalue weighted by atomic mass is 10.1. The van der Waals surface area contributed by atoms with Gasteiger partial charge < -0.3 is 10.6 Å². The highest BCUT2D eigenvalue weighted by molar-refractivity contribution is 6.41. The van der Waals surface area contributed by atoms with Crippen LogP contribution >= 0.6 is 23.2 Å². The van der Waals surface area contributed by atoms with Gasteiger partial charge in [-0.05, 0) is 25.5 Å². The summed E-state index contributed by atoms with van der Waals surface area (Å²) in [5.74, 6) is 0.170. The Kier molecular flexibility index (Phi) is 6.52. The first-order valence-corrected chi connectivity index (χ1v) is 8.04. The minimum atomic E-state index is -0.184. The van der Waals surface area contributed by atoms with Gasteiger partial charge in [-0.15, -0.1) is 0 Å². The van der Waals surface area contributed by atoms with Crippen LogP contribution in [0.1, 0.15) is 34.1 Å².